The number of anilines is 1. The van der Waals surface area contributed by atoms with E-state index in [0.717, 1.165) is 49.0 Å². The largest absolute Gasteiger partial charge is 0.391 e. The van der Waals surface area contributed by atoms with E-state index in [2.05, 4.69) is 20.2 Å². The number of carbonyl (C=O) groups excluding carboxylic acids is 1. The molecule has 1 saturated carbocycles. The average Bonchev–Trinajstić information content (AvgIpc) is 3.73. The van der Waals surface area contributed by atoms with Gasteiger partial charge < -0.3 is 15.3 Å². The van der Waals surface area contributed by atoms with Crippen molar-refractivity contribution in [1.29, 1.82) is 0 Å². The normalized spacial score (nSPS) is 18.3. The van der Waals surface area contributed by atoms with Gasteiger partial charge in [0.05, 0.1) is 45.7 Å². The van der Waals surface area contributed by atoms with Gasteiger partial charge in [-0.05, 0) is 61.1 Å². The molecule has 1 aliphatic carbocycles. The highest BCUT2D eigenvalue weighted by Gasteiger charge is 2.51. The van der Waals surface area contributed by atoms with Crippen LogP contribution in [0.15, 0.2) is 66.0 Å². The molecule has 1 amide bonds. The van der Waals surface area contributed by atoms with Crippen molar-refractivity contribution in [3.05, 3.63) is 72.3 Å². The number of fused-ring (bicyclic) bond motifs is 1. The molecule has 0 unspecified atom stereocenters. The molecule has 0 radical (unpaired) electrons. The van der Waals surface area contributed by atoms with E-state index in [1.54, 1.807) is 6.20 Å². The quantitative estimate of drug-likeness (QED) is 0.375. The third kappa shape index (κ3) is 5.19. The molecule has 10 nitrogen and oxygen atoms in total. The molecule has 200 valence electrons. The van der Waals surface area contributed by atoms with Crippen molar-refractivity contribution < 1.29 is 18.3 Å². The topological polar surface area (TPSA) is 138 Å². The van der Waals surface area contributed by atoms with Gasteiger partial charge in [0, 0.05) is 43.3 Å². The number of amides is 1. The second kappa shape index (κ2) is 9.65. The van der Waals surface area contributed by atoms with Gasteiger partial charge in [-0.1, -0.05) is 6.07 Å². The predicted octanol–water partition coefficient (Wildman–Crippen LogP) is 2.77. The third-order valence-corrected chi connectivity index (χ3v) is 8.74. The van der Waals surface area contributed by atoms with Gasteiger partial charge in [0.25, 0.3) is 5.91 Å². The van der Waals surface area contributed by atoms with Crippen LogP contribution in [0.1, 0.15) is 35.3 Å². The minimum absolute atomic E-state index is 0.0170. The molecule has 11 heteroatoms. The molecule has 6 rings (SSSR count). The molecule has 1 aliphatic heterocycles. The van der Waals surface area contributed by atoms with Gasteiger partial charge in [-0.25, -0.2) is 18.4 Å². The van der Waals surface area contributed by atoms with Gasteiger partial charge in [0.1, 0.15) is 5.82 Å². The molecular weight excluding hydrogens is 516 g/mol. The minimum atomic E-state index is -3.47. The second-order valence-corrected chi connectivity index (χ2v) is 12.4. The first-order chi connectivity index (χ1) is 18.7. The van der Waals surface area contributed by atoms with Gasteiger partial charge in [-0.3, -0.25) is 14.8 Å². The molecule has 1 saturated heterocycles. The summed E-state index contributed by atoms with van der Waals surface area (Å²) in [6.07, 6.45) is 8.20. The second-order valence-electron chi connectivity index (χ2n) is 10.4. The lowest BCUT2D eigenvalue weighted by Crippen LogP contribution is -2.45. The summed E-state index contributed by atoms with van der Waals surface area (Å²) in [5, 5.41) is 14.2. The van der Waals surface area contributed by atoms with Gasteiger partial charge >= 0.3 is 0 Å². The van der Waals surface area contributed by atoms with Crippen molar-refractivity contribution in [2.45, 2.75) is 36.8 Å². The summed E-state index contributed by atoms with van der Waals surface area (Å²) in [5.74, 6) is 0.379. The summed E-state index contributed by atoms with van der Waals surface area (Å²) in [4.78, 5) is 32.7. The van der Waals surface area contributed by atoms with E-state index in [9.17, 15) is 18.3 Å². The first kappa shape index (κ1) is 25.3. The average molecular weight is 545 g/mol. The Hall–Kier alpha value is -3.96. The van der Waals surface area contributed by atoms with Crippen molar-refractivity contribution in [2.75, 3.05) is 24.2 Å². The monoisotopic (exact) mass is 544 g/mol. The van der Waals surface area contributed by atoms with Crippen LogP contribution in [0.5, 0.6) is 0 Å². The zero-order chi connectivity index (χ0) is 27.2. The number of nitrogens with one attached hydrogen (secondary N) is 1. The smallest absolute Gasteiger partial charge is 0.253 e. The SMILES string of the molecule is CS(=O)(=O)c1cncc(C(=O)NCc2cc3nc(-c4cccc(N5CCC6(CC6)[C@@H](O)C5)n4)ccc3cn2)c1. The predicted molar refractivity (Wildman–Crippen MR) is 146 cm³/mol. The Morgan fingerprint density at radius 1 is 1.08 bits per heavy atom. The van der Waals surface area contributed by atoms with Crippen LogP contribution in [0, 0.1) is 5.41 Å². The van der Waals surface area contributed by atoms with Crippen LogP contribution in [0.4, 0.5) is 5.82 Å². The van der Waals surface area contributed by atoms with Crippen molar-refractivity contribution in [1.82, 2.24) is 25.3 Å². The Balaban J connectivity index is 1.18. The van der Waals surface area contributed by atoms with Gasteiger partial charge in [0.2, 0.25) is 0 Å². The first-order valence-corrected chi connectivity index (χ1v) is 14.7. The van der Waals surface area contributed by atoms with Crippen LogP contribution in [0.3, 0.4) is 0 Å². The molecular formula is C28H28N6O4S. The Kier molecular flexibility index (Phi) is 6.27. The van der Waals surface area contributed by atoms with Crippen LogP contribution >= 0.6 is 0 Å². The zero-order valence-corrected chi connectivity index (χ0v) is 22.2. The Morgan fingerprint density at radius 2 is 1.90 bits per heavy atom. The fourth-order valence-corrected chi connectivity index (χ4v) is 5.62. The minimum Gasteiger partial charge on any atom is -0.391 e. The van der Waals surface area contributed by atoms with E-state index in [-0.39, 0.29) is 28.5 Å². The molecule has 4 aromatic heterocycles. The number of aliphatic hydroxyl groups is 1. The van der Waals surface area contributed by atoms with Crippen LogP contribution < -0.4 is 10.2 Å². The summed E-state index contributed by atoms with van der Waals surface area (Å²) in [6.45, 7) is 1.61. The maximum absolute atomic E-state index is 12.6. The number of β-amino-alcohol motifs (C(OH)–C–C–N with tert-alkyl or cyclic N) is 1. The van der Waals surface area contributed by atoms with E-state index >= 15 is 0 Å². The highest BCUT2D eigenvalue weighted by Crippen LogP contribution is 2.53. The molecule has 2 fully saturated rings. The summed E-state index contributed by atoms with van der Waals surface area (Å²) in [6, 6.07) is 12.8. The lowest BCUT2D eigenvalue weighted by Gasteiger charge is -2.37. The van der Waals surface area contributed by atoms with Crippen molar-refractivity contribution in [2.24, 2.45) is 5.41 Å². The maximum Gasteiger partial charge on any atom is 0.253 e. The molecule has 4 aromatic rings. The third-order valence-electron chi connectivity index (χ3n) is 7.66. The fraction of sp³-hybridized carbons (Fsp3) is 0.321. The number of carbonyl (C=O) groups is 1. The van der Waals surface area contributed by atoms with Crippen molar-refractivity contribution in [3.8, 4) is 11.4 Å². The summed E-state index contributed by atoms with van der Waals surface area (Å²) in [7, 11) is -3.47. The lowest BCUT2D eigenvalue weighted by molar-refractivity contribution is 0.0774. The number of hydrogen-bond acceptors (Lipinski definition) is 9. The summed E-state index contributed by atoms with van der Waals surface area (Å²) in [5.41, 5.74) is 3.05. The molecule has 0 bridgehead atoms. The Morgan fingerprint density at radius 3 is 2.67 bits per heavy atom. The van der Waals surface area contributed by atoms with E-state index < -0.39 is 15.7 Å². The Bertz CT molecular complexity index is 1690. The van der Waals surface area contributed by atoms with E-state index in [1.165, 1.54) is 18.5 Å². The number of aliphatic hydroxyl groups excluding tert-OH is 1. The summed E-state index contributed by atoms with van der Waals surface area (Å²) >= 11 is 0. The number of rotatable bonds is 6. The highest BCUT2D eigenvalue weighted by molar-refractivity contribution is 7.90. The molecule has 5 heterocycles. The molecule has 1 atom stereocenters. The standard InChI is InChI=1S/C28H28N6O4S/c1-39(37,38)21-11-19(13-29-16-21)27(36)31-15-20-12-24-18(14-30-20)5-6-23(32-24)22-3-2-4-26(33-22)34-10-9-28(7-8-28)25(35)17-34/h2-6,11-14,16,25,35H,7-10,15,17H2,1H3,(H,31,36)/t25-/m0/s1. The van der Waals surface area contributed by atoms with Crippen molar-refractivity contribution in [3.63, 3.8) is 0 Å². The number of hydrogen-bond donors (Lipinski definition) is 2. The zero-order valence-electron chi connectivity index (χ0n) is 21.4. The molecule has 1 spiro atoms. The highest BCUT2D eigenvalue weighted by atomic mass is 32.2. The van der Waals surface area contributed by atoms with E-state index in [1.807, 2.05) is 36.4 Å². The lowest BCUT2D eigenvalue weighted by atomic mass is 9.90. The van der Waals surface area contributed by atoms with Crippen LogP contribution in [0.25, 0.3) is 22.3 Å². The van der Waals surface area contributed by atoms with Gasteiger partial charge in [0.15, 0.2) is 9.84 Å². The summed E-state index contributed by atoms with van der Waals surface area (Å²) < 4.78 is 23.5. The van der Waals surface area contributed by atoms with E-state index in [4.69, 9.17) is 9.97 Å². The fourth-order valence-electron chi connectivity index (χ4n) is 5.03. The van der Waals surface area contributed by atoms with Crippen LogP contribution in [-0.2, 0) is 16.4 Å². The number of sulfone groups is 1. The van der Waals surface area contributed by atoms with Gasteiger partial charge in [-0.2, -0.15) is 0 Å². The van der Waals surface area contributed by atoms with Crippen molar-refractivity contribution >= 4 is 32.5 Å². The van der Waals surface area contributed by atoms with Crippen LogP contribution in [0.2, 0.25) is 0 Å². The first-order valence-electron chi connectivity index (χ1n) is 12.8. The molecule has 2 N–H and O–H groups in total. The van der Waals surface area contributed by atoms with Crippen LogP contribution in [-0.4, -0.2) is 64.8 Å². The molecule has 2 aliphatic rings. The number of piperidine rings is 1. The van der Waals surface area contributed by atoms with E-state index in [0.29, 0.717) is 23.4 Å². The number of aromatic nitrogens is 4. The number of nitrogens with zero attached hydrogens (tertiary/aromatic N) is 5. The maximum atomic E-state index is 12.6. The Labute approximate surface area is 226 Å². The van der Waals surface area contributed by atoms with Gasteiger partial charge in [-0.15, -0.1) is 0 Å². The molecule has 39 heavy (non-hydrogen) atoms. The molecule has 0 aromatic carbocycles. The number of pyridine rings is 4.